The van der Waals surface area contributed by atoms with Crippen molar-refractivity contribution in [3.63, 3.8) is 0 Å². The Kier molecular flexibility index (Phi) is 5.10. The van der Waals surface area contributed by atoms with Crippen LogP contribution >= 0.6 is 0 Å². The second-order valence-corrected chi connectivity index (χ2v) is 8.22. The smallest absolute Gasteiger partial charge is 0.240 e. The van der Waals surface area contributed by atoms with Gasteiger partial charge in [-0.2, -0.15) is 0 Å². The van der Waals surface area contributed by atoms with Crippen LogP contribution in [0.5, 0.6) is 5.75 Å². The summed E-state index contributed by atoms with van der Waals surface area (Å²) >= 11 is 0. The molecule has 1 aromatic heterocycles. The predicted molar refractivity (Wildman–Crippen MR) is 94.2 cm³/mol. The van der Waals surface area contributed by atoms with Gasteiger partial charge in [0, 0.05) is 24.9 Å². The van der Waals surface area contributed by atoms with Crippen molar-refractivity contribution in [1.29, 1.82) is 0 Å². The van der Waals surface area contributed by atoms with Crippen LogP contribution in [0, 0.1) is 0 Å². The van der Waals surface area contributed by atoms with Crippen molar-refractivity contribution >= 4 is 10.0 Å². The number of benzene rings is 1. The third-order valence-electron chi connectivity index (χ3n) is 4.26. The van der Waals surface area contributed by atoms with Crippen LogP contribution in [0.15, 0.2) is 29.2 Å². The first-order valence-electron chi connectivity index (χ1n) is 8.58. The highest BCUT2D eigenvalue weighted by Gasteiger charge is 2.27. The highest BCUT2D eigenvalue weighted by atomic mass is 32.2. The van der Waals surface area contributed by atoms with E-state index in [4.69, 9.17) is 4.74 Å². The number of hydrogen-bond acceptors (Lipinski definition) is 5. The molecule has 0 fully saturated rings. The van der Waals surface area contributed by atoms with Gasteiger partial charge in [-0.15, -0.1) is 10.2 Å². The molecule has 136 valence electrons. The number of sulfonamides is 1. The third kappa shape index (κ3) is 3.85. The van der Waals surface area contributed by atoms with Gasteiger partial charge in [0.15, 0.2) is 0 Å². The topological polar surface area (TPSA) is 86.1 Å². The number of nitrogens with one attached hydrogen (secondary N) is 1. The monoisotopic (exact) mass is 364 g/mol. The molecule has 1 atom stereocenters. The van der Waals surface area contributed by atoms with Crippen LogP contribution in [0.2, 0.25) is 0 Å². The van der Waals surface area contributed by atoms with E-state index in [1.165, 1.54) is 0 Å². The fourth-order valence-corrected chi connectivity index (χ4v) is 4.30. The second-order valence-electron chi connectivity index (χ2n) is 6.50. The van der Waals surface area contributed by atoms with Gasteiger partial charge in [0.05, 0.1) is 11.5 Å². The number of fused-ring (bicyclic) bond motifs is 1. The zero-order valence-corrected chi connectivity index (χ0v) is 15.6. The van der Waals surface area contributed by atoms with Crippen molar-refractivity contribution in [3.8, 4) is 5.75 Å². The van der Waals surface area contributed by atoms with Gasteiger partial charge in [-0.05, 0) is 37.6 Å². The quantitative estimate of drug-likeness (QED) is 0.848. The van der Waals surface area contributed by atoms with Crippen LogP contribution in [0.4, 0.5) is 0 Å². The zero-order valence-electron chi connectivity index (χ0n) is 14.8. The first-order chi connectivity index (χ1) is 11.9. The molecule has 2 heterocycles. The number of aryl methyl sites for hydroxylation is 1. The van der Waals surface area contributed by atoms with Gasteiger partial charge in [0.25, 0.3) is 0 Å². The van der Waals surface area contributed by atoms with E-state index in [0.717, 1.165) is 18.1 Å². The summed E-state index contributed by atoms with van der Waals surface area (Å²) < 4.78 is 35.5. The molecule has 25 heavy (non-hydrogen) atoms. The molecule has 1 aliphatic heterocycles. The Balaban J connectivity index is 1.74. The molecule has 1 N–H and O–H groups in total. The summed E-state index contributed by atoms with van der Waals surface area (Å²) in [4.78, 5) is 0.245. The van der Waals surface area contributed by atoms with Crippen molar-refractivity contribution in [2.75, 3.05) is 6.61 Å². The lowest BCUT2D eigenvalue weighted by atomic mass is 10.1. The normalized spacial score (nSPS) is 17.5. The molecule has 0 radical (unpaired) electrons. The minimum Gasteiger partial charge on any atom is -0.494 e. The summed E-state index contributed by atoms with van der Waals surface area (Å²) in [5.41, 5.74) is 0. The zero-order chi connectivity index (χ0) is 18.0. The van der Waals surface area contributed by atoms with E-state index in [9.17, 15) is 8.42 Å². The Morgan fingerprint density at radius 2 is 2.00 bits per heavy atom. The number of hydrogen-bond donors (Lipinski definition) is 1. The lowest BCUT2D eigenvalue weighted by molar-refractivity contribution is 0.340. The predicted octanol–water partition coefficient (Wildman–Crippen LogP) is 2.09. The molecule has 3 rings (SSSR count). The maximum absolute atomic E-state index is 12.6. The summed E-state index contributed by atoms with van der Waals surface area (Å²) in [6.45, 7) is 7.12. The van der Waals surface area contributed by atoms with Gasteiger partial charge < -0.3 is 9.30 Å². The van der Waals surface area contributed by atoms with Gasteiger partial charge in [-0.25, -0.2) is 13.1 Å². The Labute approximate surface area is 148 Å². The first kappa shape index (κ1) is 17.9. The molecule has 0 aliphatic carbocycles. The molecule has 2 aromatic rings. The standard InChI is InChI=1S/C17H24N4O3S/c1-4-24-14-6-8-15(9-7-14)25(22,23)20-13-5-10-16-18-19-17(12(2)3)21(16)11-13/h6-9,12-13,20H,4-5,10-11H2,1-3H3. The first-order valence-corrected chi connectivity index (χ1v) is 10.1. The molecule has 1 aliphatic rings. The average Bonchev–Trinajstić information content (AvgIpc) is 2.98. The van der Waals surface area contributed by atoms with Crippen LogP contribution in [-0.4, -0.2) is 35.8 Å². The molecule has 0 amide bonds. The number of nitrogens with zero attached hydrogens (tertiary/aromatic N) is 3. The van der Waals surface area contributed by atoms with E-state index in [0.29, 0.717) is 25.3 Å². The SMILES string of the molecule is CCOc1ccc(S(=O)(=O)NC2CCc3nnc(C(C)C)n3C2)cc1. The minimum atomic E-state index is -3.57. The third-order valence-corrected chi connectivity index (χ3v) is 5.80. The molecule has 0 bridgehead atoms. The largest absolute Gasteiger partial charge is 0.494 e. The van der Waals surface area contributed by atoms with Crippen LogP contribution in [-0.2, 0) is 23.0 Å². The van der Waals surface area contributed by atoms with Crippen molar-refractivity contribution in [2.45, 2.75) is 57.0 Å². The van der Waals surface area contributed by atoms with E-state index in [1.54, 1.807) is 24.3 Å². The van der Waals surface area contributed by atoms with Gasteiger partial charge in [0.1, 0.15) is 17.4 Å². The summed E-state index contributed by atoms with van der Waals surface area (Å²) in [5.74, 6) is 2.75. The maximum Gasteiger partial charge on any atom is 0.240 e. The van der Waals surface area contributed by atoms with Crippen LogP contribution < -0.4 is 9.46 Å². The Morgan fingerprint density at radius 1 is 1.28 bits per heavy atom. The van der Waals surface area contributed by atoms with Gasteiger partial charge in [0.2, 0.25) is 10.0 Å². The molecule has 0 spiro atoms. The van der Waals surface area contributed by atoms with Crippen molar-refractivity contribution in [2.24, 2.45) is 0 Å². The van der Waals surface area contributed by atoms with Crippen molar-refractivity contribution in [1.82, 2.24) is 19.5 Å². The molecule has 0 saturated heterocycles. The molecule has 1 unspecified atom stereocenters. The Morgan fingerprint density at radius 3 is 2.64 bits per heavy atom. The summed E-state index contributed by atoms with van der Waals surface area (Å²) in [5, 5.41) is 8.45. The lowest BCUT2D eigenvalue weighted by Crippen LogP contribution is -2.41. The molecular weight excluding hydrogens is 340 g/mol. The van der Waals surface area contributed by atoms with Crippen molar-refractivity contribution < 1.29 is 13.2 Å². The fraction of sp³-hybridized carbons (Fsp3) is 0.529. The maximum atomic E-state index is 12.6. The van der Waals surface area contributed by atoms with Crippen molar-refractivity contribution in [3.05, 3.63) is 35.9 Å². The van der Waals surface area contributed by atoms with Crippen LogP contribution in [0.25, 0.3) is 0 Å². The van der Waals surface area contributed by atoms with E-state index >= 15 is 0 Å². The summed E-state index contributed by atoms with van der Waals surface area (Å²) in [6.07, 6.45) is 1.43. The van der Waals surface area contributed by atoms with E-state index in [2.05, 4.69) is 28.8 Å². The Hall–Kier alpha value is -1.93. The number of rotatable bonds is 6. The van der Waals surface area contributed by atoms with E-state index in [-0.39, 0.29) is 16.9 Å². The fourth-order valence-electron chi connectivity index (χ4n) is 3.04. The average molecular weight is 364 g/mol. The van der Waals surface area contributed by atoms with Gasteiger partial charge in [-0.3, -0.25) is 0 Å². The Bertz CT molecular complexity index is 828. The molecule has 1 aromatic carbocycles. The highest BCUT2D eigenvalue weighted by Crippen LogP contribution is 2.22. The van der Waals surface area contributed by atoms with Gasteiger partial charge >= 0.3 is 0 Å². The van der Waals surface area contributed by atoms with Gasteiger partial charge in [-0.1, -0.05) is 13.8 Å². The summed E-state index contributed by atoms with van der Waals surface area (Å²) in [6, 6.07) is 6.32. The number of aromatic nitrogens is 3. The van der Waals surface area contributed by atoms with Crippen LogP contribution in [0.3, 0.4) is 0 Å². The summed E-state index contributed by atoms with van der Waals surface area (Å²) in [7, 11) is -3.57. The minimum absolute atomic E-state index is 0.169. The highest BCUT2D eigenvalue weighted by molar-refractivity contribution is 7.89. The molecule has 0 saturated carbocycles. The van der Waals surface area contributed by atoms with E-state index < -0.39 is 10.0 Å². The van der Waals surface area contributed by atoms with E-state index in [1.807, 2.05) is 11.5 Å². The molecule has 8 heteroatoms. The molecule has 7 nitrogen and oxygen atoms in total. The molecular formula is C17H24N4O3S. The lowest BCUT2D eigenvalue weighted by Gasteiger charge is -2.25. The number of ether oxygens (including phenoxy) is 1. The van der Waals surface area contributed by atoms with Crippen LogP contribution in [0.1, 0.15) is 44.8 Å². The second kappa shape index (κ2) is 7.13.